The fourth-order valence-corrected chi connectivity index (χ4v) is 4.51. The molecule has 1 aromatic carbocycles. The van der Waals surface area contributed by atoms with Gasteiger partial charge >= 0.3 is 0 Å². The van der Waals surface area contributed by atoms with E-state index in [0.29, 0.717) is 36.1 Å². The van der Waals surface area contributed by atoms with Crippen LogP contribution in [0.15, 0.2) is 28.8 Å². The molecule has 152 valence electrons. The van der Waals surface area contributed by atoms with Crippen LogP contribution in [-0.4, -0.2) is 59.6 Å². The van der Waals surface area contributed by atoms with Gasteiger partial charge in [0.15, 0.2) is 0 Å². The zero-order valence-corrected chi connectivity index (χ0v) is 17.4. The number of piperidine rings is 1. The lowest BCUT2D eigenvalue weighted by molar-refractivity contribution is -0.136. The number of carbonyl (C=O) groups is 1. The highest BCUT2D eigenvalue weighted by Crippen LogP contribution is 2.23. The van der Waals surface area contributed by atoms with Gasteiger partial charge in [0.1, 0.15) is 0 Å². The minimum atomic E-state index is -3.29. The summed E-state index contributed by atoms with van der Waals surface area (Å²) in [5.74, 6) is 0.292. The van der Waals surface area contributed by atoms with E-state index in [0.717, 1.165) is 5.56 Å². The lowest BCUT2D eigenvalue weighted by Gasteiger charge is -2.32. The SMILES string of the molecule is CCS(=O)(=O)N1CCCC(C(=O)N(C)Cc2nc(-c3ccc(Cl)cc3)no2)C1. The van der Waals surface area contributed by atoms with Crippen LogP contribution >= 0.6 is 11.6 Å². The van der Waals surface area contributed by atoms with Crippen LogP contribution < -0.4 is 0 Å². The number of benzene rings is 1. The van der Waals surface area contributed by atoms with Crippen LogP contribution in [0.1, 0.15) is 25.7 Å². The van der Waals surface area contributed by atoms with E-state index >= 15 is 0 Å². The van der Waals surface area contributed by atoms with Crippen LogP contribution in [-0.2, 0) is 21.4 Å². The summed E-state index contributed by atoms with van der Waals surface area (Å²) in [6, 6.07) is 7.05. The number of rotatable bonds is 6. The van der Waals surface area contributed by atoms with E-state index in [9.17, 15) is 13.2 Å². The number of hydrogen-bond acceptors (Lipinski definition) is 6. The second kappa shape index (κ2) is 8.59. The Bertz CT molecular complexity index is 929. The summed E-state index contributed by atoms with van der Waals surface area (Å²) in [7, 11) is -1.64. The molecule has 2 heterocycles. The molecular formula is C18H23ClN4O4S. The molecule has 10 heteroatoms. The largest absolute Gasteiger partial charge is 0.337 e. The van der Waals surface area contributed by atoms with E-state index in [4.69, 9.17) is 16.1 Å². The Kier molecular flexibility index (Phi) is 6.36. The van der Waals surface area contributed by atoms with Crippen molar-refractivity contribution in [3.8, 4) is 11.4 Å². The molecule has 0 spiro atoms. The summed E-state index contributed by atoms with van der Waals surface area (Å²) in [6.07, 6.45) is 1.34. The van der Waals surface area contributed by atoms with Crippen molar-refractivity contribution in [3.63, 3.8) is 0 Å². The number of aromatic nitrogens is 2. The first-order valence-electron chi connectivity index (χ1n) is 9.11. The van der Waals surface area contributed by atoms with Crippen molar-refractivity contribution in [1.29, 1.82) is 0 Å². The quantitative estimate of drug-likeness (QED) is 0.703. The molecule has 0 N–H and O–H groups in total. The Labute approximate surface area is 169 Å². The van der Waals surface area contributed by atoms with Crippen LogP contribution in [0.4, 0.5) is 0 Å². The highest BCUT2D eigenvalue weighted by molar-refractivity contribution is 7.89. The minimum absolute atomic E-state index is 0.0409. The Hall–Kier alpha value is -1.97. The van der Waals surface area contributed by atoms with Crippen LogP contribution in [0, 0.1) is 5.92 Å². The highest BCUT2D eigenvalue weighted by atomic mass is 35.5. The van der Waals surface area contributed by atoms with Gasteiger partial charge in [0, 0.05) is 30.7 Å². The van der Waals surface area contributed by atoms with Gasteiger partial charge in [-0.2, -0.15) is 4.98 Å². The molecule has 1 aliphatic rings. The van der Waals surface area contributed by atoms with E-state index in [-0.39, 0.29) is 30.7 Å². The van der Waals surface area contributed by atoms with Crippen molar-refractivity contribution in [2.45, 2.75) is 26.3 Å². The number of sulfonamides is 1. The van der Waals surface area contributed by atoms with Gasteiger partial charge in [-0.25, -0.2) is 12.7 Å². The summed E-state index contributed by atoms with van der Waals surface area (Å²) in [4.78, 5) is 18.6. The van der Waals surface area contributed by atoms with Gasteiger partial charge < -0.3 is 9.42 Å². The van der Waals surface area contributed by atoms with Crippen LogP contribution in [0.2, 0.25) is 5.02 Å². The molecule has 1 aliphatic heterocycles. The van der Waals surface area contributed by atoms with Crippen molar-refractivity contribution in [3.05, 3.63) is 35.2 Å². The third kappa shape index (κ3) is 4.71. The normalized spacial score (nSPS) is 18.2. The minimum Gasteiger partial charge on any atom is -0.337 e. The number of carbonyl (C=O) groups excluding carboxylic acids is 1. The van der Waals surface area contributed by atoms with E-state index in [1.807, 2.05) is 0 Å². The van der Waals surface area contributed by atoms with Gasteiger partial charge in [0.05, 0.1) is 18.2 Å². The number of hydrogen-bond donors (Lipinski definition) is 0. The second-order valence-electron chi connectivity index (χ2n) is 6.81. The number of amides is 1. The Morgan fingerprint density at radius 3 is 2.75 bits per heavy atom. The molecule has 8 nitrogen and oxygen atoms in total. The molecule has 3 rings (SSSR count). The molecule has 1 unspecified atom stereocenters. The van der Waals surface area contributed by atoms with Crippen LogP contribution in [0.25, 0.3) is 11.4 Å². The molecule has 1 atom stereocenters. The molecular weight excluding hydrogens is 404 g/mol. The van der Waals surface area contributed by atoms with E-state index < -0.39 is 10.0 Å². The van der Waals surface area contributed by atoms with Gasteiger partial charge in [-0.3, -0.25) is 4.79 Å². The van der Waals surface area contributed by atoms with Gasteiger partial charge in [-0.1, -0.05) is 16.8 Å². The first-order valence-corrected chi connectivity index (χ1v) is 11.1. The molecule has 2 aromatic rings. The first kappa shape index (κ1) is 20.8. The number of halogens is 1. The second-order valence-corrected chi connectivity index (χ2v) is 9.50. The zero-order valence-electron chi connectivity index (χ0n) is 15.8. The molecule has 0 radical (unpaired) electrons. The summed E-state index contributed by atoms with van der Waals surface area (Å²) in [5.41, 5.74) is 0.765. The van der Waals surface area contributed by atoms with Crippen molar-refractivity contribution >= 4 is 27.5 Å². The predicted molar refractivity (Wildman–Crippen MR) is 105 cm³/mol. The summed E-state index contributed by atoms with van der Waals surface area (Å²) in [6.45, 7) is 2.47. The standard InChI is InChI=1S/C18H23ClN4O4S/c1-3-28(25,26)23-10-4-5-14(11-23)18(24)22(2)12-16-20-17(21-27-16)13-6-8-15(19)9-7-13/h6-9,14H,3-5,10-12H2,1-2H3. The monoisotopic (exact) mass is 426 g/mol. The molecule has 0 saturated carbocycles. The zero-order chi connectivity index (χ0) is 20.3. The predicted octanol–water partition coefficient (Wildman–Crippen LogP) is 2.41. The van der Waals surface area contributed by atoms with Gasteiger partial charge in [0.25, 0.3) is 0 Å². The fourth-order valence-electron chi connectivity index (χ4n) is 3.21. The first-order chi connectivity index (χ1) is 13.3. The lowest BCUT2D eigenvalue weighted by atomic mass is 9.98. The lowest BCUT2D eigenvalue weighted by Crippen LogP contribution is -2.46. The maximum atomic E-state index is 12.8. The Morgan fingerprint density at radius 1 is 1.36 bits per heavy atom. The van der Waals surface area contributed by atoms with E-state index in [2.05, 4.69) is 10.1 Å². The van der Waals surface area contributed by atoms with Crippen molar-refractivity contribution in [2.75, 3.05) is 25.9 Å². The number of nitrogens with zero attached hydrogens (tertiary/aromatic N) is 4. The third-order valence-corrected chi connectivity index (χ3v) is 6.91. The average Bonchev–Trinajstić information content (AvgIpc) is 3.16. The van der Waals surface area contributed by atoms with E-state index in [1.165, 1.54) is 9.21 Å². The van der Waals surface area contributed by atoms with Gasteiger partial charge in [-0.05, 0) is 44.0 Å². The molecule has 1 amide bonds. The molecule has 1 aromatic heterocycles. The fraction of sp³-hybridized carbons (Fsp3) is 0.500. The van der Waals surface area contributed by atoms with Crippen molar-refractivity contribution in [1.82, 2.24) is 19.3 Å². The average molecular weight is 427 g/mol. The molecule has 28 heavy (non-hydrogen) atoms. The Morgan fingerprint density at radius 2 is 2.07 bits per heavy atom. The molecule has 0 bridgehead atoms. The summed E-state index contributed by atoms with van der Waals surface area (Å²) in [5, 5.41) is 4.56. The summed E-state index contributed by atoms with van der Waals surface area (Å²) >= 11 is 5.88. The third-order valence-electron chi connectivity index (χ3n) is 4.81. The maximum Gasteiger partial charge on any atom is 0.246 e. The van der Waals surface area contributed by atoms with Crippen molar-refractivity contribution in [2.24, 2.45) is 5.92 Å². The molecule has 1 fully saturated rings. The highest BCUT2D eigenvalue weighted by Gasteiger charge is 2.33. The van der Waals surface area contributed by atoms with Crippen molar-refractivity contribution < 1.29 is 17.7 Å². The maximum absolute atomic E-state index is 12.8. The Balaban J connectivity index is 1.63. The molecule has 1 saturated heterocycles. The van der Waals surface area contributed by atoms with Gasteiger partial charge in [-0.15, -0.1) is 0 Å². The molecule has 0 aliphatic carbocycles. The summed E-state index contributed by atoms with van der Waals surface area (Å²) < 4.78 is 30.9. The van der Waals surface area contributed by atoms with Crippen LogP contribution in [0.5, 0.6) is 0 Å². The van der Waals surface area contributed by atoms with Crippen LogP contribution in [0.3, 0.4) is 0 Å². The van der Waals surface area contributed by atoms with E-state index in [1.54, 1.807) is 38.2 Å². The van der Waals surface area contributed by atoms with Gasteiger partial charge in [0.2, 0.25) is 27.6 Å². The topological polar surface area (TPSA) is 96.6 Å². The smallest absolute Gasteiger partial charge is 0.246 e.